The van der Waals surface area contributed by atoms with Crippen molar-refractivity contribution in [3.05, 3.63) is 77.9 Å². The van der Waals surface area contributed by atoms with E-state index in [0.717, 1.165) is 18.5 Å². The summed E-state index contributed by atoms with van der Waals surface area (Å²) in [7, 11) is 0. The van der Waals surface area contributed by atoms with E-state index < -0.39 is 0 Å². The molecule has 33 heavy (non-hydrogen) atoms. The van der Waals surface area contributed by atoms with Gasteiger partial charge in [0, 0.05) is 44.6 Å². The molecule has 0 bridgehead atoms. The number of hydrogen-bond donors (Lipinski definition) is 2. The van der Waals surface area contributed by atoms with Gasteiger partial charge in [0.2, 0.25) is 0 Å². The van der Waals surface area contributed by atoms with Crippen molar-refractivity contribution in [1.29, 1.82) is 5.26 Å². The second-order valence-electron chi connectivity index (χ2n) is 7.60. The Kier molecular flexibility index (Phi) is 6.85. The van der Waals surface area contributed by atoms with Crippen molar-refractivity contribution in [3.63, 3.8) is 0 Å². The van der Waals surface area contributed by atoms with E-state index in [0.29, 0.717) is 43.2 Å². The highest BCUT2D eigenvalue weighted by atomic mass is 16.3. The minimum absolute atomic E-state index is 0.150. The molecule has 2 aromatic heterocycles. The lowest BCUT2D eigenvalue weighted by atomic mass is 10.2. The van der Waals surface area contributed by atoms with Crippen molar-refractivity contribution >= 4 is 23.4 Å². The second kappa shape index (κ2) is 10.3. The molecule has 9 heteroatoms. The third-order valence-electron chi connectivity index (χ3n) is 5.36. The number of rotatable bonds is 5. The van der Waals surface area contributed by atoms with Crippen LogP contribution in [0.15, 0.2) is 65.4 Å². The molecule has 1 aromatic carbocycles. The largest absolute Gasteiger partial charge is 0.459 e. The number of nitriles is 1. The number of nitrogens with one attached hydrogen (secondary N) is 2. The van der Waals surface area contributed by atoms with Crippen molar-refractivity contribution in [1.82, 2.24) is 15.2 Å². The number of nitrogens with zero attached hydrogens (tertiary/aromatic N) is 4. The second-order valence-corrected chi connectivity index (χ2v) is 7.60. The summed E-state index contributed by atoms with van der Waals surface area (Å²) < 4.78 is 5.10. The van der Waals surface area contributed by atoms with Gasteiger partial charge < -0.3 is 24.9 Å². The average Bonchev–Trinajstić information content (AvgIpc) is 3.28. The summed E-state index contributed by atoms with van der Waals surface area (Å²) >= 11 is 0. The van der Waals surface area contributed by atoms with E-state index in [1.54, 1.807) is 41.4 Å². The zero-order valence-corrected chi connectivity index (χ0v) is 18.0. The first kappa shape index (κ1) is 21.9. The fourth-order valence-corrected chi connectivity index (χ4v) is 3.72. The maximum atomic E-state index is 12.8. The van der Waals surface area contributed by atoms with Crippen LogP contribution in [0.1, 0.15) is 28.1 Å². The van der Waals surface area contributed by atoms with Gasteiger partial charge >= 0.3 is 6.03 Å². The highest BCUT2D eigenvalue weighted by molar-refractivity contribution is 6.02. The molecule has 3 aromatic rings. The van der Waals surface area contributed by atoms with Gasteiger partial charge in [-0.1, -0.05) is 12.1 Å². The van der Waals surface area contributed by atoms with Gasteiger partial charge in [-0.3, -0.25) is 4.79 Å². The lowest BCUT2D eigenvalue weighted by molar-refractivity contribution is 0.0996. The predicted molar refractivity (Wildman–Crippen MR) is 123 cm³/mol. The molecule has 1 fully saturated rings. The van der Waals surface area contributed by atoms with Crippen LogP contribution in [0.2, 0.25) is 0 Å². The smallest absolute Gasteiger partial charge is 0.317 e. The molecule has 0 aliphatic carbocycles. The molecule has 0 radical (unpaired) electrons. The van der Waals surface area contributed by atoms with Crippen LogP contribution in [0.3, 0.4) is 0 Å². The van der Waals surface area contributed by atoms with E-state index in [9.17, 15) is 14.9 Å². The molecule has 0 unspecified atom stereocenters. The number of aromatic nitrogens is 1. The Morgan fingerprint density at radius 1 is 1.09 bits per heavy atom. The SMILES string of the molecule is N#Cc1cccnc1N1CCCN(C(=O)NCc2cccc(NC(=O)c3ccco3)c2)CC1. The summed E-state index contributed by atoms with van der Waals surface area (Å²) in [4.78, 5) is 33.1. The van der Waals surface area contributed by atoms with Gasteiger partial charge in [0.15, 0.2) is 5.76 Å². The molecule has 2 N–H and O–H groups in total. The number of benzene rings is 1. The number of anilines is 2. The summed E-state index contributed by atoms with van der Waals surface area (Å²) in [5.74, 6) is 0.565. The molecule has 9 nitrogen and oxygen atoms in total. The van der Waals surface area contributed by atoms with Crippen molar-refractivity contribution in [2.45, 2.75) is 13.0 Å². The molecule has 1 saturated heterocycles. The van der Waals surface area contributed by atoms with Crippen molar-refractivity contribution < 1.29 is 14.0 Å². The highest BCUT2D eigenvalue weighted by Crippen LogP contribution is 2.18. The van der Waals surface area contributed by atoms with E-state index >= 15 is 0 Å². The summed E-state index contributed by atoms with van der Waals surface area (Å²) in [5, 5.41) is 15.1. The number of urea groups is 1. The molecule has 3 amide bonds. The van der Waals surface area contributed by atoms with Gasteiger partial charge in [0.05, 0.1) is 11.8 Å². The van der Waals surface area contributed by atoms with Crippen molar-refractivity contribution in [2.24, 2.45) is 0 Å². The van der Waals surface area contributed by atoms with E-state index in [-0.39, 0.29) is 17.7 Å². The third-order valence-corrected chi connectivity index (χ3v) is 5.36. The topological polar surface area (TPSA) is 115 Å². The zero-order chi connectivity index (χ0) is 23.0. The van der Waals surface area contributed by atoms with Crippen LogP contribution in [0.5, 0.6) is 0 Å². The van der Waals surface area contributed by atoms with Crippen LogP contribution in [0, 0.1) is 11.3 Å². The fraction of sp³-hybridized carbons (Fsp3) is 0.250. The fourth-order valence-electron chi connectivity index (χ4n) is 3.72. The Labute approximate surface area is 191 Å². The third kappa shape index (κ3) is 5.49. The Balaban J connectivity index is 1.31. The summed E-state index contributed by atoms with van der Waals surface area (Å²) in [6, 6.07) is 16.1. The molecule has 0 saturated carbocycles. The van der Waals surface area contributed by atoms with Gasteiger partial charge in [-0.15, -0.1) is 0 Å². The maximum absolute atomic E-state index is 12.8. The van der Waals surface area contributed by atoms with E-state index in [1.807, 2.05) is 18.2 Å². The first-order valence-electron chi connectivity index (χ1n) is 10.7. The van der Waals surface area contributed by atoms with E-state index in [4.69, 9.17) is 4.42 Å². The summed E-state index contributed by atoms with van der Waals surface area (Å²) in [6.45, 7) is 2.82. The van der Waals surface area contributed by atoms with Crippen LogP contribution in [-0.2, 0) is 6.54 Å². The minimum atomic E-state index is -0.331. The Morgan fingerprint density at radius 2 is 2.00 bits per heavy atom. The van der Waals surface area contributed by atoms with Gasteiger partial charge in [-0.25, -0.2) is 9.78 Å². The quantitative estimate of drug-likeness (QED) is 0.625. The lowest BCUT2D eigenvalue weighted by Crippen LogP contribution is -2.41. The van der Waals surface area contributed by atoms with Gasteiger partial charge in [0.1, 0.15) is 11.9 Å². The molecule has 3 heterocycles. The molecule has 0 atom stereocenters. The Hall–Kier alpha value is -4.32. The molecule has 1 aliphatic heterocycles. The number of carbonyl (C=O) groups is 2. The molecule has 168 valence electrons. The lowest BCUT2D eigenvalue weighted by Gasteiger charge is -2.23. The maximum Gasteiger partial charge on any atom is 0.317 e. The van der Waals surface area contributed by atoms with Crippen molar-refractivity contribution in [2.75, 3.05) is 36.4 Å². The molecular formula is C24H24N6O3. The molecule has 0 spiro atoms. The molecular weight excluding hydrogens is 420 g/mol. The number of hydrogen-bond acceptors (Lipinski definition) is 6. The van der Waals surface area contributed by atoms with Gasteiger partial charge in [0.25, 0.3) is 5.91 Å². The van der Waals surface area contributed by atoms with Gasteiger partial charge in [-0.2, -0.15) is 5.26 Å². The average molecular weight is 444 g/mol. The molecule has 1 aliphatic rings. The standard InChI is InChI=1S/C24H24N6O3/c25-16-19-6-2-9-26-22(19)29-10-4-11-30(13-12-29)24(32)27-17-18-5-1-7-20(15-18)28-23(31)21-8-3-14-33-21/h1-3,5-9,14-15H,4,10-13,17H2,(H,27,32)(H,28,31). The Bertz CT molecular complexity index is 1160. The van der Waals surface area contributed by atoms with E-state index in [2.05, 4.69) is 26.6 Å². The van der Waals surface area contributed by atoms with Crippen LogP contribution in [0.25, 0.3) is 0 Å². The van der Waals surface area contributed by atoms with E-state index in [1.165, 1.54) is 6.26 Å². The van der Waals surface area contributed by atoms with Gasteiger partial charge in [-0.05, 0) is 48.4 Å². The zero-order valence-electron chi connectivity index (χ0n) is 18.0. The Morgan fingerprint density at radius 3 is 2.82 bits per heavy atom. The van der Waals surface area contributed by atoms with Crippen LogP contribution >= 0.6 is 0 Å². The number of carbonyl (C=O) groups excluding carboxylic acids is 2. The highest BCUT2D eigenvalue weighted by Gasteiger charge is 2.21. The summed E-state index contributed by atoms with van der Waals surface area (Å²) in [5.41, 5.74) is 2.02. The predicted octanol–water partition coefficient (Wildman–Crippen LogP) is 3.22. The minimum Gasteiger partial charge on any atom is -0.459 e. The number of amides is 3. The first-order chi connectivity index (χ1) is 16.1. The number of furan rings is 1. The van der Waals surface area contributed by atoms with Crippen LogP contribution in [0.4, 0.5) is 16.3 Å². The normalized spacial score (nSPS) is 13.7. The first-order valence-corrected chi connectivity index (χ1v) is 10.7. The monoisotopic (exact) mass is 444 g/mol. The number of pyridine rings is 1. The van der Waals surface area contributed by atoms with Crippen molar-refractivity contribution in [3.8, 4) is 6.07 Å². The van der Waals surface area contributed by atoms with Crippen LogP contribution < -0.4 is 15.5 Å². The molecule has 4 rings (SSSR count). The summed E-state index contributed by atoms with van der Waals surface area (Å²) in [6.07, 6.45) is 3.90. The van der Waals surface area contributed by atoms with Crippen LogP contribution in [-0.4, -0.2) is 48.0 Å².